The molecule has 0 spiro atoms. The standard InChI is InChI=1S/C26H49NO4/c1-20(2)16-14-12-10-8-9-11-13-15-17-23(28)21(3)18-22(4)25(30)27-19-24(29)31-26(5,6)7/h18,20-21,23,28H,8-17,19H2,1-7H3,(H,27,30)/b22-18+/t21-,23-/m0/s1. The van der Waals surface area contributed by atoms with Gasteiger partial charge in [-0.15, -0.1) is 0 Å². The molecule has 2 N–H and O–H groups in total. The van der Waals surface area contributed by atoms with Gasteiger partial charge in [0.15, 0.2) is 0 Å². The van der Waals surface area contributed by atoms with Gasteiger partial charge in [-0.05, 0) is 40.0 Å². The highest BCUT2D eigenvalue weighted by atomic mass is 16.6. The lowest BCUT2D eigenvalue weighted by Gasteiger charge is -2.19. The molecule has 0 fully saturated rings. The fourth-order valence-corrected chi connectivity index (χ4v) is 3.48. The number of aliphatic hydroxyl groups excluding tert-OH is 1. The van der Waals surface area contributed by atoms with Crippen LogP contribution in [0.25, 0.3) is 0 Å². The van der Waals surface area contributed by atoms with Crippen molar-refractivity contribution in [3.8, 4) is 0 Å². The lowest BCUT2D eigenvalue weighted by Crippen LogP contribution is -2.35. The van der Waals surface area contributed by atoms with Crippen molar-refractivity contribution in [2.75, 3.05) is 6.54 Å². The summed E-state index contributed by atoms with van der Waals surface area (Å²) >= 11 is 0. The molecular formula is C26H49NO4. The van der Waals surface area contributed by atoms with E-state index in [0.717, 1.165) is 25.2 Å². The highest BCUT2D eigenvalue weighted by Gasteiger charge is 2.18. The number of rotatable bonds is 16. The highest BCUT2D eigenvalue weighted by molar-refractivity contribution is 5.94. The molecule has 182 valence electrons. The van der Waals surface area contributed by atoms with E-state index in [1.54, 1.807) is 33.8 Å². The van der Waals surface area contributed by atoms with E-state index in [1.807, 2.05) is 6.92 Å². The lowest BCUT2D eigenvalue weighted by atomic mass is 9.96. The van der Waals surface area contributed by atoms with E-state index in [1.165, 1.54) is 44.9 Å². The Morgan fingerprint density at radius 3 is 1.87 bits per heavy atom. The van der Waals surface area contributed by atoms with E-state index >= 15 is 0 Å². The van der Waals surface area contributed by atoms with Gasteiger partial charge in [-0.1, -0.05) is 84.6 Å². The van der Waals surface area contributed by atoms with E-state index in [4.69, 9.17) is 4.74 Å². The Labute approximate surface area is 191 Å². The van der Waals surface area contributed by atoms with Crippen LogP contribution in [-0.2, 0) is 14.3 Å². The van der Waals surface area contributed by atoms with Crippen molar-refractivity contribution in [3.05, 3.63) is 11.6 Å². The third-order valence-corrected chi connectivity index (χ3v) is 5.32. The smallest absolute Gasteiger partial charge is 0.325 e. The summed E-state index contributed by atoms with van der Waals surface area (Å²) in [4.78, 5) is 23.9. The molecule has 0 saturated heterocycles. The van der Waals surface area contributed by atoms with Gasteiger partial charge in [0.1, 0.15) is 12.1 Å². The molecule has 31 heavy (non-hydrogen) atoms. The van der Waals surface area contributed by atoms with Crippen LogP contribution in [0.1, 0.15) is 113 Å². The Kier molecular flexibility index (Phi) is 15.6. The van der Waals surface area contributed by atoms with Crippen LogP contribution in [0.2, 0.25) is 0 Å². The van der Waals surface area contributed by atoms with Crippen molar-refractivity contribution in [1.29, 1.82) is 0 Å². The normalized spacial score (nSPS) is 14.4. The molecule has 0 saturated carbocycles. The van der Waals surface area contributed by atoms with Crippen molar-refractivity contribution in [3.63, 3.8) is 0 Å². The monoisotopic (exact) mass is 439 g/mol. The van der Waals surface area contributed by atoms with Gasteiger partial charge >= 0.3 is 5.97 Å². The van der Waals surface area contributed by atoms with Crippen LogP contribution in [-0.4, -0.2) is 35.2 Å². The van der Waals surface area contributed by atoms with E-state index in [-0.39, 0.29) is 18.4 Å². The molecule has 1 amide bonds. The Morgan fingerprint density at radius 2 is 1.39 bits per heavy atom. The van der Waals surface area contributed by atoms with E-state index in [0.29, 0.717) is 5.57 Å². The Balaban J connectivity index is 3.97. The van der Waals surface area contributed by atoms with Crippen LogP contribution < -0.4 is 5.32 Å². The summed E-state index contributed by atoms with van der Waals surface area (Å²) in [6.07, 6.45) is 13.5. The third kappa shape index (κ3) is 18.0. The fourth-order valence-electron chi connectivity index (χ4n) is 3.48. The van der Waals surface area contributed by atoms with Gasteiger partial charge in [0.25, 0.3) is 0 Å². The molecule has 0 aromatic carbocycles. The Morgan fingerprint density at radius 1 is 0.903 bits per heavy atom. The first-order chi connectivity index (χ1) is 14.4. The second-order valence-corrected chi connectivity index (χ2v) is 10.3. The zero-order chi connectivity index (χ0) is 23.9. The minimum atomic E-state index is -0.571. The summed E-state index contributed by atoms with van der Waals surface area (Å²) in [5, 5.41) is 13.0. The first kappa shape index (κ1) is 29.6. The molecule has 0 unspecified atom stereocenters. The maximum absolute atomic E-state index is 12.2. The summed E-state index contributed by atoms with van der Waals surface area (Å²) in [5.74, 6) is -0.0529. The summed E-state index contributed by atoms with van der Waals surface area (Å²) in [7, 11) is 0. The highest BCUT2D eigenvalue weighted by Crippen LogP contribution is 2.17. The molecule has 0 rings (SSSR count). The number of nitrogens with one attached hydrogen (secondary N) is 1. The van der Waals surface area contributed by atoms with Crippen LogP contribution >= 0.6 is 0 Å². The first-order valence-corrected chi connectivity index (χ1v) is 12.3. The van der Waals surface area contributed by atoms with E-state index in [2.05, 4.69) is 19.2 Å². The lowest BCUT2D eigenvalue weighted by molar-refractivity contribution is -0.154. The molecule has 5 nitrogen and oxygen atoms in total. The predicted octanol–water partition coefficient (Wildman–Crippen LogP) is 5.94. The zero-order valence-corrected chi connectivity index (χ0v) is 21.3. The van der Waals surface area contributed by atoms with Gasteiger partial charge in [-0.25, -0.2) is 0 Å². The fraction of sp³-hybridized carbons (Fsp3) is 0.846. The minimum Gasteiger partial charge on any atom is -0.459 e. The van der Waals surface area contributed by atoms with Crippen molar-refractivity contribution in [2.24, 2.45) is 11.8 Å². The predicted molar refractivity (Wildman–Crippen MR) is 129 cm³/mol. The van der Waals surface area contributed by atoms with Crippen molar-refractivity contribution in [2.45, 2.75) is 124 Å². The summed E-state index contributed by atoms with van der Waals surface area (Å²) in [6, 6.07) is 0. The number of carbonyl (C=O) groups is 2. The number of aliphatic hydroxyl groups is 1. The van der Waals surface area contributed by atoms with Crippen LogP contribution in [0.15, 0.2) is 11.6 Å². The van der Waals surface area contributed by atoms with Gasteiger partial charge in [-0.2, -0.15) is 0 Å². The van der Waals surface area contributed by atoms with Gasteiger partial charge in [-0.3, -0.25) is 9.59 Å². The molecule has 0 heterocycles. The molecule has 0 aromatic heterocycles. The maximum Gasteiger partial charge on any atom is 0.325 e. The Bertz CT molecular complexity index is 534. The van der Waals surface area contributed by atoms with Crippen molar-refractivity contribution in [1.82, 2.24) is 5.32 Å². The quantitative estimate of drug-likeness (QED) is 0.177. The second kappa shape index (κ2) is 16.3. The Hall–Kier alpha value is -1.36. The maximum atomic E-state index is 12.2. The van der Waals surface area contributed by atoms with Crippen LogP contribution in [0, 0.1) is 11.8 Å². The molecule has 2 atom stereocenters. The van der Waals surface area contributed by atoms with Crippen LogP contribution in [0.4, 0.5) is 0 Å². The molecule has 0 aliphatic carbocycles. The van der Waals surface area contributed by atoms with Crippen LogP contribution in [0.5, 0.6) is 0 Å². The summed E-state index contributed by atoms with van der Waals surface area (Å²) in [6.45, 7) is 13.4. The average Bonchev–Trinajstić information content (AvgIpc) is 2.65. The number of hydrogen-bond donors (Lipinski definition) is 2. The third-order valence-electron chi connectivity index (χ3n) is 5.32. The number of ether oxygens (including phenoxy) is 1. The van der Waals surface area contributed by atoms with E-state index in [9.17, 15) is 14.7 Å². The van der Waals surface area contributed by atoms with E-state index < -0.39 is 17.7 Å². The van der Waals surface area contributed by atoms with Crippen LogP contribution in [0.3, 0.4) is 0 Å². The van der Waals surface area contributed by atoms with Gasteiger partial charge < -0.3 is 15.2 Å². The number of hydrogen-bond acceptors (Lipinski definition) is 4. The molecule has 0 aliphatic rings. The summed E-state index contributed by atoms with van der Waals surface area (Å²) < 4.78 is 5.18. The largest absolute Gasteiger partial charge is 0.459 e. The molecule has 0 radical (unpaired) electrons. The molecule has 0 aliphatic heterocycles. The number of unbranched alkanes of at least 4 members (excludes halogenated alkanes) is 7. The molecular weight excluding hydrogens is 390 g/mol. The number of carbonyl (C=O) groups excluding carboxylic acids is 2. The first-order valence-electron chi connectivity index (χ1n) is 12.3. The average molecular weight is 440 g/mol. The van der Waals surface area contributed by atoms with Gasteiger partial charge in [0.2, 0.25) is 5.91 Å². The molecule has 5 heteroatoms. The zero-order valence-electron chi connectivity index (χ0n) is 21.3. The second-order valence-electron chi connectivity index (χ2n) is 10.3. The molecule has 0 bridgehead atoms. The van der Waals surface area contributed by atoms with Gasteiger partial charge in [0.05, 0.1) is 6.10 Å². The molecule has 0 aromatic rings. The number of amides is 1. The topological polar surface area (TPSA) is 75.6 Å². The van der Waals surface area contributed by atoms with Gasteiger partial charge in [0, 0.05) is 11.5 Å². The van der Waals surface area contributed by atoms with Crippen molar-refractivity contribution < 1.29 is 19.4 Å². The number of esters is 1. The summed E-state index contributed by atoms with van der Waals surface area (Å²) in [5.41, 5.74) is -0.0636. The van der Waals surface area contributed by atoms with Crippen molar-refractivity contribution >= 4 is 11.9 Å². The SMILES string of the molecule is C/C(=C\[C@H](C)[C@@H](O)CCCCCCCCCCC(C)C)C(=O)NCC(=O)OC(C)(C)C. The minimum absolute atomic E-state index is 0.103.